The summed E-state index contributed by atoms with van der Waals surface area (Å²) < 4.78 is 5.00. The summed E-state index contributed by atoms with van der Waals surface area (Å²) in [5.74, 6) is -1.24. The number of rotatable bonds is 11. The lowest BCUT2D eigenvalue weighted by molar-refractivity contribution is -0.141. The highest BCUT2D eigenvalue weighted by molar-refractivity contribution is 6.42. The minimum atomic E-state index is -0.533. The number of nitriles is 1. The van der Waals surface area contributed by atoms with E-state index >= 15 is 0 Å². The number of nitrogens with zero attached hydrogens (tertiary/aromatic N) is 4. The minimum Gasteiger partial charge on any atom is -0.468 e. The lowest BCUT2D eigenvalue weighted by Crippen LogP contribution is -2.49. The number of esters is 1. The molecule has 2 N–H and O–H groups in total. The zero-order valence-electron chi connectivity index (χ0n) is 26.7. The van der Waals surface area contributed by atoms with E-state index in [9.17, 15) is 19.6 Å². The van der Waals surface area contributed by atoms with E-state index in [1.54, 1.807) is 18.2 Å². The molecule has 0 radical (unpaired) electrons. The summed E-state index contributed by atoms with van der Waals surface area (Å²) in [5.41, 5.74) is 7.18. The molecule has 9 nitrogen and oxygen atoms in total. The number of hydrogen-bond acceptors (Lipinski definition) is 7. The second-order valence-electron chi connectivity index (χ2n) is 12.6. The summed E-state index contributed by atoms with van der Waals surface area (Å²) in [6, 6.07) is 18.9. The standard InChI is InChI=1S/C36H41Cl2N5O4/c1-47-34(44)23-43(36(46)31-19-24(21-39)18-27-4-2-3-5-30(27)31)22-28(26-6-7-32(37)33(38)20-26)8-13-41-14-11-29(12-15-41)42-16-9-25(10-17-42)35(40)45/h2-7,18-20,25,28-29H,8-17,22-23H2,1H3,(H2,40,45)/t28-/m1/s1. The van der Waals surface area contributed by atoms with Crippen LogP contribution in [-0.4, -0.2) is 91.4 Å². The zero-order chi connectivity index (χ0) is 33.5. The number of ether oxygens (including phenoxy) is 1. The Labute approximate surface area is 286 Å². The van der Waals surface area contributed by atoms with E-state index in [0.717, 1.165) is 75.8 Å². The van der Waals surface area contributed by atoms with Crippen molar-refractivity contribution >= 4 is 51.8 Å². The van der Waals surface area contributed by atoms with Gasteiger partial charge in [-0.15, -0.1) is 0 Å². The van der Waals surface area contributed by atoms with Gasteiger partial charge in [-0.25, -0.2) is 0 Å². The molecule has 0 spiro atoms. The lowest BCUT2D eigenvalue weighted by Gasteiger charge is -2.41. The molecular formula is C36H41Cl2N5O4. The van der Waals surface area contributed by atoms with E-state index in [1.807, 2.05) is 36.4 Å². The first-order chi connectivity index (χ1) is 22.7. The van der Waals surface area contributed by atoms with Crippen LogP contribution in [0.25, 0.3) is 10.8 Å². The molecule has 2 amide bonds. The molecule has 2 heterocycles. The minimum absolute atomic E-state index is 0.00992. The molecular weight excluding hydrogens is 637 g/mol. The Kier molecular flexibility index (Phi) is 11.8. The average molecular weight is 679 g/mol. The van der Waals surface area contributed by atoms with Crippen molar-refractivity contribution < 1.29 is 19.1 Å². The van der Waals surface area contributed by atoms with Crippen LogP contribution in [0.15, 0.2) is 54.6 Å². The second kappa shape index (κ2) is 15.9. The van der Waals surface area contributed by atoms with Crippen LogP contribution in [0.5, 0.6) is 0 Å². The average Bonchev–Trinajstić information content (AvgIpc) is 3.10. The molecule has 0 unspecified atom stereocenters. The van der Waals surface area contributed by atoms with Gasteiger partial charge in [0, 0.05) is 30.0 Å². The highest BCUT2D eigenvalue weighted by atomic mass is 35.5. The maximum absolute atomic E-state index is 14.2. The molecule has 2 aliphatic heterocycles. The predicted molar refractivity (Wildman–Crippen MR) is 183 cm³/mol. The van der Waals surface area contributed by atoms with Gasteiger partial charge in [0.05, 0.1) is 28.8 Å². The number of primary amides is 1. The quantitative estimate of drug-likeness (QED) is 0.267. The molecule has 0 saturated carbocycles. The summed E-state index contributed by atoms with van der Waals surface area (Å²) in [6.45, 7) is 4.52. The van der Waals surface area contributed by atoms with E-state index in [-0.39, 0.29) is 36.7 Å². The number of methoxy groups -OCH3 is 1. The van der Waals surface area contributed by atoms with E-state index in [4.69, 9.17) is 33.7 Å². The molecule has 0 aromatic heterocycles. The second-order valence-corrected chi connectivity index (χ2v) is 13.4. The maximum atomic E-state index is 14.2. The Hall–Kier alpha value is -3.68. The first-order valence-corrected chi connectivity index (χ1v) is 16.9. The smallest absolute Gasteiger partial charge is 0.325 e. The lowest BCUT2D eigenvalue weighted by atomic mass is 9.92. The van der Waals surface area contributed by atoms with Gasteiger partial charge in [-0.1, -0.05) is 53.5 Å². The van der Waals surface area contributed by atoms with Gasteiger partial charge in [-0.05, 0) is 105 Å². The third-order valence-corrected chi connectivity index (χ3v) is 10.5. The molecule has 5 rings (SSSR count). The summed E-state index contributed by atoms with van der Waals surface area (Å²) in [7, 11) is 1.30. The topological polar surface area (TPSA) is 120 Å². The normalized spacial score (nSPS) is 17.2. The molecule has 0 aliphatic carbocycles. The molecule has 1 atom stereocenters. The fraction of sp³-hybridized carbons (Fsp3) is 0.444. The highest BCUT2D eigenvalue weighted by Gasteiger charge is 2.31. The largest absolute Gasteiger partial charge is 0.468 e. The highest BCUT2D eigenvalue weighted by Crippen LogP contribution is 2.31. The Balaban J connectivity index is 1.33. The van der Waals surface area contributed by atoms with Gasteiger partial charge in [0.15, 0.2) is 0 Å². The van der Waals surface area contributed by atoms with Crippen LogP contribution in [0.4, 0.5) is 0 Å². The Morgan fingerprint density at radius 3 is 2.38 bits per heavy atom. The van der Waals surface area contributed by atoms with Crippen molar-refractivity contribution in [3.8, 4) is 6.07 Å². The number of likely N-dealkylation sites (tertiary alicyclic amines) is 2. The van der Waals surface area contributed by atoms with Crippen molar-refractivity contribution in [2.75, 3.05) is 52.9 Å². The summed E-state index contributed by atoms with van der Waals surface area (Å²) >= 11 is 12.7. The molecule has 2 aliphatic rings. The number of fused-ring (bicyclic) bond motifs is 1. The van der Waals surface area contributed by atoms with Crippen LogP contribution < -0.4 is 5.73 Å². The van der Waals surface area contributed by atoms with E-state index in [0.29, 0.717) is 32.6 Å². The molecule has 0 bridgehead atoms. The molecule has 2 saturated heterocycles. The van der Waals surface area contributed by atoms with Gasteiger partial charge >= 0.3 is 5.97 Å². The van der Waals surface area contributed by atoms with Crippen molar-refractivity contribution in [1.29, 1.82) is 5.26 Å². The monoisotopic (exact) mass is 677 g/mol. The van der Waals surface area contributed by atoms with Crippen molar-refractivity contribution in [2.24, 2.45) is 11.7 Å². The van der Waals surface area contributed by atoms with Crippen LogP contribution in [0.3, 0.4) is 0 Å². The number of hydrogen-bond donors (Lipinski definition) is 1. The van der Waals surface area contributed by atoms with Crippen LogP contribution in [-0.2, 0) is 14.3 Å². The number of piperidine rings is 2. The first kappa shape index (κ1) is 34.6. The van der Waals surface area contributed by atoms with Gasteiger partial charge in [0.1, 0.15) is 6.54 Å². The Morgan fingerprint density at radius 1 is 1.00 bits per heavy atom. The number of benzene rings is 3. The van der Waals surface area contributed by atoms with Gasteiger partial charge in [-0.2, -0.15) is 5.26 Å². The van der Waals surface area contributed by atoms with Crippen LogP contribution in [0.1, 0.15) is 59.5 Å². The maximum Gasteiger partial charge on any atom is 0.325 e. The van der Waals surface area contributed by atoms with Gasteiger partial charge in [-0.3, -0.25) is 14.4 Å². The van der Waals surface area contributed by atoms with E-state index in [1.165, 1.54) is 12.0 Å². The fourth-order valence-electron chi connectivity index (χ4n) is 6.95. The summed E-state index contributed by atoms with van der Waals surface area (Å²) in [6.07, 6.45) is 4.48. The number of amides is 2. The third kappa shape index (κ3) is 8.62. The third-order valence-electron chi connectivity index (χ3n) is 9.71. The van der Waals surface area contributed by atoms with Crippen molar-refractivity contribution in [1.82, 2.24) is 14.7 Å². The van der Waals surface area contributed by atoms with Crippen molar-refractivity contribution in [3.63, 3.8) is 0 Å². The van der Waals surface area contributed by atoms with Crippen LogP contribution >= 0.6 is 23.2 Å². The van der Waals surface area contributed by atoms with Gasteiger partial charge in [0.25, 0.3) is 5.91 Å². The van der Waals surface area contributed by atoms with Crippen LogP contribution in [0, 0.1) is 17.2 Å². The van der Waals surface area contributed by atoms with Crippen molar-refractivity contribution in [2.45, 2.75) is 44.1 Å². The predicted octanol–water partition coefficient (Wildman–Crippen LogP) is 5.47. The summed E-state index contributed by atoms with van der Waals surface area (Å²) in [4.78, 5) is 44.9. The van der Waals surface area contributed by atoms with Gasteiger partial charge < -0.3 is 25.2 Å². The van der Waals surface area contributed by atoms with E-state index in [2.05, 4.69) is 15.9 Å². The van der Waals surface area contributed by atoms with Crippen molar-refractivity contribution in [3.05, 3.63) is 81.3 Å². The molecule has 47 heavy (non-hydrogen) atoms. The van der Waals surface area contributed by atoms with Crippen LogP contribution in [0.2, 0.25) is 10.0 Å². The number of nitrogens with two attached hydrogens (primary N) is 1. The number of carbonyl (C=O) groups excluding carboxylic acids is 3. The van der Waals surface area contributed by atoms with Gasteiger partial charge in [0.2, 0.25) is 5.91 Å². The molecule has 11 heteroatoms. The molecule has 3 aromatic rings. The fourth-order valence-corrected chi connectivity index (χ4v) is 7.26. The Morgan fingerprint density at radius 2 is 1.72 bits per heavy atom. The summed E-state index contributed by atoms with van der Waals surface area (Å²) in [5, 5.41) is 12.0. The van der Waals surface area contributed by atoms with E-state index < -0.39 is 5.97 Å². The zero-order valence-corrected chi connectivity index (χ0v) is 28.2. The molecule has 2 fully saturated rings. The SMILES string of the molecule is COC(=O)CN(C[C@@H](CCN1CCC(N2CCC(C(N)=O)CC2)CC1)c1ccc(Cl)c(Cl)c1)C(=O)c1cc(C#N)cc2ccccc12. The Bertz CT molecular complexity index is 1640. The number of carbonyl (C=O) groups is 3. The molecule has 3 aromatic carbocycles. The first-order valence-electron chi connectivity index (χ1n) is 16.2. The molecule has 248 valence electrons. The number of halogens is 2.